The van der Waals surface area contributed by atoms with Gasteiger partial charge in [-0.05, 0) is 42.9 Å². The maximum Gasteiger partial charge on any atom is 0.0639 e. The van der Waals surface area contributed by atoms with Gasteiger partial charge in [0.05, 0.1) is 6.10 Å². The van der Waals surface area contributed by atoms with Crippen molar-refractivity contribution in [3.05, 3.63) is 30.1 Å². The number of rotatable bonds is 5. The van der Waals surface area contributed by atoms with E-state index >= 15 is 0 Å². The molecule has 3 aliphatic rings. The number of fused-ring (bicyclic) bond motifs is 1. The first-order chi connectivity index (χ1) is 12.3. The maximum atomic E-state index is 5.86. The van der Waals surface area contributed by atoms with Gasteiger partial charge in [-0.15, -0.1) is 0 Å². The largest absolute Gasteiger partial charge is 0.381 e. The number of aromatic nitrogens is 1. The predicted octanol–water partition coefficient (Wildman–Crippen LogP) is 2.03. The van der Waals surface area contributed by atoms with Crippen molar-refractivity contribution in [3.8, 4) is 0 Å². The minimum absolute atomic E-state index is 0.415. The van der Waals surface area contributed by atoms with Crippen molar-refractivity contribution < 1.29 is 9.47 Å². The topological polar surface area (TPSA) is 37.8 Å². The van der Waals surface area contributed by atoms with Gasteiger partial charge in [0.1, 0.15) is 0 Å². The van der Waals surface area contributed by atoms with Gasteiger partial charge in [0, 0.05) is 77.4 Å². The Morgan fingerprint density at radius 2 is 1.96 bits per heavy atom. The Morgan fingerprint density at radius 1 is 1.16 bits per heavy atom. The molecule has 0 saturated carbocycles. The van der Waals surface area contributed by atoms with Gasteiger partial charge in [-0.25, -0.2) is 0 Å². The van der Waals surface area contributed by atoms with Crippen LogP contribution in [-0.2, 0) is 16.0 Å². The zero-order valence-corrected chi connectivity index (χ0v) is 15.3. The molecule has 1 aromatic heterocycles. The quantitative estimate of drug-likeness (QED) is 0.816. The third-order valence-corrected chi connectivity index (χ3v) is 6.35. The van der Waals surface area contributed by atoms with Crippen LogP contribution < -0.4 is 0 Å². The molecule has 0 N–H and O–H groups in total. The lowest BCUT2D eigenvalue weighted by Crippen LogP contribution is -2.52. The van der Waals surface area contributed by atoms with E-state index in [1.165, 1.54) is 37.9 Å². The number of piperidine rings is 1. The summed E-state index contributed by atoms with van der Waals surface area (Å²) in [5.74, 6) is 1.45. The molecule has 3 saturated heterocycles. The van der Waals surface area contributed by atoms with Gasteiger partial charge in [0.2, 0.25) is 0 Å². The first-order valence-corrected chi connectivity index (χ1v) is 9.79. The van der Waals surface area contributed by atoms with Crippen molar-refractivity contribution in [2.24, 2.45) is 11.8 Å². The summed E-state index contributed by atoms with van der Waals surface area (Å²) < 4.78 is 11.4. The standard InChI is InChI=1S/C20H31N3O2/c1-24-20-4-9-23(13-17-5-10-25-11-6-17)19-15-22(14-18(19)20)12-16-2-7-21-8-3-16/h2-3,7-8,17-20H,4-6,9-15H2,1H3/t18-,19+,20-/m1/s1. The molecule has 0 aromatic carbocycles. The Kier molecular flexibility index (Phi) is 5.66. The second-order valence-corrected chi connectivity index (χ2v) is 7.89. The molecule has 0 unspecified atom stereocenters. The Hall–Kier alpha value is -1.01. The molecule has 25 heavy (non-hydrogen) atoms. The van der Waals surface area contributed by atoms with Crippen LogP contribution in [-0.4, -0.2) is 73.4 Å². The summed E-state index contributed by atoms with van der Waals surface area (Å²) in [5.41, 5.74) is 1.36. The molecule has 138 valence electrons. The molecule has 3 fully saturated rings. The smallest absolute Gasteiger partial charge is 0.0639 e. The fourth-order valence-electron chi connectivity index (χ4n) is 4.97. The van der Waals surface area contributed by atoms with E-state index in [0.29, 0.717) is 18.1 Å². The zero-order chi connectivity index (χ0) is 17.1. The van der Waals surface area contributed by atoms with Crippen LogP contribution in [0.4, 0.5) is 0 Å². The van der Waals surface area contributed by atoms with Crippen LogP contribution in [0.1, 0.15) is 24.8 Å². The second kappa shape index (κ2) is 8.12. The molecule has 0 aliphatic carbocycles. The second-order valence-electron chi connectivity index (χ2n) is 7.89. The van der Waals surface area contributed by atoms with Gasteiger partial charge in [0.15, 0.2) is 0 Å². The minimum Gasteiger partial charge on any atom is -0.381 e. The summed E-state index contributed by atoms with van der Waals surface area (Å²) in [5, 5.41) is 0. The van der Waals surface area contributed by atoms with Crippen molar-refractivity contribution in [3.63, 3.8) is 0 Å². The first kappa shape index (κ1) is 17.4. The van der Waals surface area contributed by atoms with Gasteiger partial charge in [-0.2, -0.15) is 0 Å². The van der Waals surface area contributed by atoms with Crippen LogP contribution in [0.5, 0.6) is 0 Å². The third kappa shape index (κ3) is 4.05. The molecule has 0 amide bonds. The van der Waals surface area contributed by atoms with Crippen LogP contribution in [0.25, 0.3) is 0 Å². The zero-order valence-electron chi connectivity index (χ0n) is 15.3. The molecule has 0 bridgehead atoms. The number of likely N-dealkylation sites (tertiary alicyclic amines) is 2. The van der Waals surface area contributed by atoms with Crippen LogP contribution in [0, 0.1) is 11.8 Å². The number of nitrogens with zero attached hydrogens (tertiary/aromatic N) is 3. The van der Waals surface area contributed by atoms with Crippen molar-refractivity contribution in [1.29, 1.82) is 0 Å². The number of pyridine rings is 1. The highest BCUT2D eigenvalue weighted by Gasteiger charge is 2.44. The molecule has 5 heteroatoms. The first-order valence-electron chi connectivity index (χ1n) is 9.79. The van der Waals surface area contributed by atoms with Crippen molar-refractivity contribution in [2.75, 3.05) is 46.5 Å². The molecule has 1 aromatic rings. The average Bonchev–Trinajstić information content (AvgIpc) is 3.08. The normalized spacial score (nSPS) is 32.0. The molecular weight excluding hydrogens is 314 g/mol. The summed E-state index contributed by atoms with van der Waals surface area (Å²) >= 11 is 0. The lowest BCUT2D eigenvalue weighted by Gasteiger charge is -2.43. The van der Waals surface area contributed by atoms with Gasteiger partial charge in [-0.1, -0.05) is 0 Å². The Morgan fingerprint density at radius 3 is 2.72 bits per heavy atom. The van der Waals surface area contributed by atoms with Crippen molar-refractivity contribution in [1.82, 2.24) is 14.8 Å². The summed E-state index contributed by atoms with van der Waals surface area (Å²) in [4.78, 5) is 9.51. The third-order valence-electron chi connectivity index (χ3n) is 6.35. The summed E-state index contributed by atoms with van der Waals surface area (Å²) in [6, 6.07) is 4.91. The highest BCUT2D eigenvalue weighted by molar-refractivity contribution is 5.11. The average molecular weight is 345 g/mol. The van der Waals surface area contributed by atoms with E-state index in [4.69, 9.17) is 9.47 Å². The fraction of sp³-hybridized carbons (Fsp3) is 0.750. The van der Waals surface area contributed by atoms with E-state index < -0.39 is 0 Å². The molecule has 3 aliphatic heterocycles. The van der Waals surface area contributed by atoms with Crippen LogP contribution >= 0.6 is 0 Å². The molecule has 4 heterocycles. The van der Waals surface area contributed by atoms with E-state index in [1.807, 2.05) is 19.5 Å². The highest BCUT2D eigenvalue weighted by Crippen LogP contribution is 2.34. The molecule has 0 spiro atoms. The fourth-order valence-corrected chi connectivity index (χ4v) is 4.97. The van der Waals surface area contributed by atoms with Gasteiger partial charge in [-0.3, -0.25) is 14.8 Å². The number of methoxy groups -OCH3 is 1. The van der Waals surface area contributed by atoms with Crippen LogP contribution in [0.15, 0.2) is 24.5 Å². The predicted molar refractivity (Wildman–Crippen MR) is 97.3 cm³/mol. The molecule has 5 nitrogen and oxygen atoms in total. The Bertz CT molecular complexity index is 535. The maximum absolute atomic E-state index is 5.86. The molecule has 4 rings (SSSR count). The van der Waals surface area contributed by atoms with E-state index in [0.717, 1.165) is 38.8 Å². The molecular formula is C20H31N3O2. The Balaban J connectivity index is 1.41. The van der Waals surface area contributed by atoms with Gasteiger partial charge >= 0.3 is 0 Å². The van der Waals surface area contributed by atoms with Gasteiger partial charge < -0.3 is 9.47 Å². The highest BCUT2D eigenvalue weighted by atomic mass is 16.5. The molecule has 3 atom stereocenters. The summed E-state index contributed by atoms with van der Waals surface area (Å²) in [6.07, 6.45) is 7.83. The van der Waals surface area contributed by atoms with Crippen molar-refractivity contribution >= 4 is 0 Å². The van der Waals surface area contributed by atoms with E-state index in [-0.39, 0.29) is 0 Å². The number of hydrogen-bond acceptors (Lipinski definition) is 5. The minimum atomic E-state index is 0.415. The number of hydrogen-bond donors (Lipinski definition) is 0. The van der Waals surface area contributed by atoms with Crippen LogP contribution in [0.2, 0.25) is 0 Å². The van der Waals surface area contributed by atoms with E-state index in [9.17, 15) is 0 Å². The summed E-state index contributed by atoms with van der Waals surface area (Å²) in [6.45, 7) is 7.65. The van der Waals surface area contributed by atoms with E-state index in [2.05, 4.69) is 26.9 Å². The van der Waals surface area contributed by atoms with E-state index in [1.54, 1.807) is 0 Å². The summed E-state index contributed by atoms with van der Waals surface area (Å²) in [7, 11) is 1.89. The SMILES string of the molecule is CO[C@@H]1CCN(CC2CCOCC2)[C@H]2CN(Cc3ccncc3)C[C@@H]12. The monoisotopic (exact) mass is 345 g/mol. The lowest BCUT2D eigenvalue weighted by atomic mass is 9.87. The number of ether oxygens (including phenoxy) is 2. The lowest BCUT2D eigenvalue weighted by molar-refractivity contribution is -0.0333. The Labute approximate surface area is 151 Å². The van der Waals surface area contributed by atoms with Crippen molar-refractivity contribution in [2.45, 2.75) is 38.0 Å². The molecule has 0 radical (unpaired) electrons. The van der Waals surface area contributed by atoms with Gasteiger partial charge in [0.25, 0.3) is 0 Å². The van der Waals surface area contributed by atoms with Crippen LogP contribution in [0.3, 0.4) is 0 Å².